The van der Waals surface area contributed by atoms with Gasteiger partial charge in [-0.3, -0.25) is 0 Å². The van der Waals surface area contributed by atoms with Gasteiger partial charge in [-0.05, 0) is 29.8 Å². The first kappa shape index (κ1) is 14.0. The van der Waals surface area contributed by atoms with Crippen LogP contribution in [0.15, 0.2) is 54.6 Å². The number of nitriles is 1. The maximum atomic E-state index is 8.75. The standard InChI is InChI=1S/C14H12N2O.ClH/c15-10-14(16)11-5-4-8-13(9-11)17-12-6-2-1-3-7-12;/h1-9,14H,16H2;1H. The van der Waals surface area contributed by atoms with Crippen LogP contribution in [-0.2, 0) is 0 Å². The van der Waals surface area contributed by atoms with Gasteiger partial charge in [0.2, 0.25) is 0 Å². The molecule has 0 heterocycles. The smallest absolute Gasteiger partial charge is 0.127 e. The molecular weight excluding hydrogens is 248 g/mol. The Kier molecular flexibility index (Phi) is 5.19. The Morgan fingerprint density at radius 1 is 1.00 bits per heavy atom. The van der Waals surface area contributed by atoms with Gasteiger partial charge in [0.25, 0.3) is 0 Å². The van der Waals surface area contributed by atoms with E-state index in [1.54, 1.807) is 6.07 Å². The highest BCUT2D eigenvalue weighted by Gasteiger charge is 2.05. The second-order valence-corrected chi connectivity index (χ2v) is 3.59. The molecule has 0 saturated heterocycles. The van der Waals surface area contributed by atoms with E-state index in [1.165, 1.54) is 0 Å². The lowest BCUT2D eigenvalue weighted by atomic mass is 10.1. The number of nitrogens with zero attached hydrogens (tertiary/aromatic N) is 1. The fourth-order valence-electron chi connectivity index (χ4n) is 1.47. The minimum atomic E-state index is -0.616. The van der Waals surface area contributed by atoms with Crippen molar-refractivity contribution in [3.8, 4) is 17.6 Å². The fraction of sp³-hybridized carbons (Fsp3) is 0.0714. The summed E-state index contributed by atoms with van der Waals surface area (Å²) in [6.07, 6.45) is 0. The quantitative estimate of drug-likeness (QED) is 0.920. The number of ether oxygens (including phenoxy) is 1. The number of hydrogen-bond acceptors (Lipinski definition) is 3. The van der Waals surface area contributed by atoms with Crippen molar-refractivity contribution in [3.63, 3.8) is 0 Å². The van der Waals surface area contributed by atoms with Gasteiger partial charge >= 0.3 is 0 Å². The number of para-hydroxylation sites is 1. The summed E-state index contributed by atoms with van der Waals surface area (Å²) in [7, 11) is 0. The highest BCUT2D eigenvalue weighted by molar-refractivity contribution is 5.85. The van der Waals surface area contributed by atoms with Crippen LogP contribution in [0.1, 0.15) is 11.6 Å². The number of halogens is 1. The average molecular weight is 261 g/mol. The summed E-state index contributed by atoms with van der Waals surface area (Å²) < 4.78 is 5.65. The van der Waals surface area contributed by atoms with Gasteiger partial charge in [0, 0.05) is 0 Å². The number of hydrogen-bond donors (Lipinski definition) is 1. The summed E-state index contributed by atoms with van der Waals surface area (Å²) in [5.41, 5.74) is 6.39. The van der Waals surface area contributed by atoms with Crippen molar-refractivity contribution in [2.45, 2.75) is 6.04 Å². The Balaban J connectivity index is 0.00000162. The summed E-state index contributed by atoms with van der Waals surface area (Å²) >= 11 is 0. The van der Waals surface area contributed by atoms with E-state index in [1.807, 2.05) is 54.6 Å². The summed E-state index contributed by atoms with van der Waals surface area (Å²) in [5, 5.41) is 8.75. The molecule has 1 atom stereocenters. The van der Waals surface area contributed by atoms with Crippen LogP contribution >= 0.6 is 12.4 Å². The zero-order valence-corrected chi connectivity index (χ0v) is 10.4. The van der Waals surface area contributed by atoms with E-state index in [0.29, 0.717) is 5.75 Å². The SMILES string of the molecule is Cl.N#CC(N)c1cccc(Oc2ccccc2)c1. The second kappa shape index (κ2) is 6.65. The first-order chi connectivity index (χ1) is 8.29. The normalized spacial score (nSPS) is 10.9. The third kappa shape index (κ3) is 3.49. The van der Waals surface area contributed by atoms with Gasteiger partial charge in [0.1, 0.15) is 17.5 Å². The highest BCUT2D eigenvalue weighted by Crippen LogP contribution is 2.23. The molecule has 0 aliphatic rings. The number of nitrogens with two attached hydrogens (primary N) is 1. The van der Waals surface area contributed by atoms with Gasteiger partial charge in [-0.2, -0.15) is 5.26 Å². The minimum absolute atomic E-state index is 0. The van der Waals surface area contributed by atoms with E-state index in [-0.39, 0.29) is 12.4 Å². The molecule has 0 aliphatic heterocycles. The highest BCUT2D eigenvalue weighted by atomic mass is 35.5. The van der Waals surface area contributed by atoms with Crippen molar-refractivity contribution in [1.29, 1.82) is 5.26 Å². The molecule has 0 aliphatic carbocycles. The average Bonchev–Trinajstić information content (AvgIpc) is 2.39. The van der Waals surface area contributed by atoms with E-state index in [9.17, 15) is 0 Å². The molecule has 0 radical (unpaired) electrons. The molecule has 2 N–H and O–H groups in total. The number of benzene rings is 2. The fourth-order valence-corrected chi connectivity index (χ4v) is 1.47. The summed E-state index contributed by atoms with van der Waals surface area (Å²) in [6.45, 7) is 0. The van der Waals surface area contributed by atoms with Gasteiger partial charge in [-0.15, -0.1) is 12.4 Å². The summed E-state index contributed by atoms with van der Waals surface area (Å²) in [4.78, 5) is 0. The molecule has 3 nitrogen and oxygen atoms in total. The van der Waals surface area contributed by atoms with Crippen molar-refractivity contribution in [2.75, 3.05) is 0 Å². The molecule has 0 fully saturated rings. The molecule has 4 heteroatoms. The molecule has 0 bridgehead atoms. The molecular formula is C14H13ClN2O. The van der Waals surface area contributed by atoms with E-state index >= 15 is 0 Å². The molecule has 2 rings (SSSR count). The number of rotatable bonds is 3. The zero-order chi connectivity index (χ0) is 12.1. The van der Waals surface area contributed by atoms with E-state index in [0.717, 1.165) is 11.3 Å². The predicted octanol–water partition coefficient (Wildman–Crippen LogP) is 3.42. The summed E-state index contributed by atoms with van der Waals surface area (Å²) in [6, 6.07) is 18.1. The molecule has 92 valence electrons. The lowest BCUT2D eigenvalue weighted by Crippen LogP contribution is -2.06. The Labute approximate surface area is 112 Å². The van der Waals surface area contributed by atoms with Crippen molar-refractivity contribution >= 4 is 12.4 Å². The van der Waals surface area contributed by atoms with E-state index in [2.05, 4.69) is 0 Å². The first-order valence-electron chi connectivity index (χ1n) is 5.27. The molecule has 2 aromatic rings. The van der Waals surface area contributed by atoms with Crippen LogP contribution in [0.3, 0.4) is 0 Å². The largest absolute Gasteiger partial charge is 0.457 e. The molecule has 1 unspecified atom stereocenters. The van der Waals surface area contributed by atoms with Crippen molar-refractivity contribution in [2.24, 2.45) is 5.73 Å². The molecule has 0 saturated carbocycles. The van der Waals surface area contributed by atoms with E-state index < -0.39 is 6.04 Å². The van der Waals surface area contributed by atoms with Crippen molar-refractivity contribution < 1.29 is 4.74 Å². The van der Waals surface area contributed by atoms with Gasteiger partial charge in [-0.25, -0.2) is 0 Å². The maximum Gasteiger partial charge on any atom is 0.127 e. The predicted molar refractivity (Wildman–Crippen MR) is 72.7 cm³/mol. The van der Waals surface area contributed by atoms with Crippen LogP contribution in [0.25, 0.3) is 0 Å². The Morgan fingerprint density at radius 3 is 2.33 bits per heavy atom. The van der Waals surface area contributed by atoms with Crippen molar-refractivity contribution in [1.82, 2.24) is 0 Å². The van der Waals surface area contributed by atoms with E-state index in [4.69, 9.17) is 15.7 Å². The maximum absolute atomic E-state index is 8.75. The van der Waals surface area contributed by atoms with Gasteiger partial charge in [0.15, 0.2) is 0 Å². The molecule has 0 spiro atoms. The van der Waals surface area contributed by atoms with Crippen LogP contribution in [0.2, 0.25) is 0 Å². The Hall–Kier alpha value is -2.02. The Bertz CT molecular complexity index is 537. The van der Waals surface area contributed by atoms with Crippen molar-refractivity contribution in [3.05, 3.63) is 60.2 Å². The minimum Gasteiger partial charge on any atom is -0.457 e. The van der Waals surface area contributed by atoms with Gasteiger partial charge in [-0.1, -0.05) is 30.3 Å². The zero-order valence-electron chi connectivity index (χ0n) is 9.61. The third-order valence-electron chi connectivity index (χ3n) is 2.34. The van der Waals surface area contributed by atoms with Gasteiger partial charge in [0.05, 0.1) is 6.07 Å². The van der Waals surface area contributed by atoms with Crippen LogP contribution in [-0.4, -0.2) is 0 Å². The first-order valence-corrected chi connectivity index (χ1v) is 5.27. The summed E-state index contributed by atoms with van der Waals surface area (Å²) in [5.74, 6) is 1.44. The molecule has 18 heavy (non-hydrogen) atoms. The topological polar surface area (TPSA) is 59.0 Å². The van der Waals surface area contributed by atoms with Crippen LogP contribution in [0.4, 0.5) is 0 Å². The van der Waals surface area contributed by atoms with Crippen LogP contribution < -0.4 is 10.5 Å². The lowest BCUT2D eigenvalue weighted by Gasteiger charge is -2.08. The Morgan fingerprint density at radius 2 is 1.67 bits per heavy atom. The third-order valence-corrected chi connectivity index (χ3v) is 2.34. The molecule has 0 aromatic heterocycles. The molecule has 0 amide bonds. The van der Waals surface area contributed by atoms with Crippen LogP contribution in [0.5, 0.6) is 11.5 Å². The monoisotopic (exact) mass is 260 g/mol. The lowest BCUT2D eigenvalue weighted by molar-refractivity contribution is 0.482. The molecule has 2 aromatic carbocycles. The second-order valence-electron chi connectivity index (χ2n) is 3.59. The van der Waals surface area contributed by atoms with Gasteiger partial charge < -0.3 is 10.5 Å². The van der Waals surface area contributed by atoms with Crippen LogP contribution in [0, 0.1) is 11.3 Å².